The van der Waals surface area contributed by atoms with E-state index in [0.29, 0.717) is 18.8 Å². The highest BCUT2D eigenvalue weighted by atomic mass is 16.5. The van der Waals surface area contributed by atoms with E-state index in [1.807, 2.05) is 0 Å². The molecular formula is C19H32N2O6. The molecule has 2 amide bonds. The average molecular weight is 384 g/mol. The fourth-order valence-electron chi connectivity index (χ4n) is 2.39. The zero-order valence-electron chi connectivity index (χ0n) is 16.2. The van der Waals surface area contributed by atoms with Crippen LogP contribution in [0, 0.1) is 0 Å². The van der Waals surface area contributed by atoms with Crippen molar-refractivity contribution in [1.29, 1.82) is 0 Å². The van der Waals surface area contributed by atoms with Gasteiger partial charge in [-0.2, -0.15) is 0 Å². The van der Waals surface area contributed by atoms with Gasteiger partial charge >= 0.3 is 0 Å². The first-order valence-electron chi connectivity index (χ1n) is 9.25. The van der Waals surface area contributed by atoms with Crippen LogP contribution < -0.4 is 10.6 Å². The Morgan fingerprint density at radius 3 is 1.96 bits per heavy atom. The summed E-state index contributed by atoms with van der Waals surface area (Å²) < 4.78 is 21.1. The molecule has 2 aliphatic rings. The van der Waals surface area contributed by atoms with Crippen LogP contribution >= 0.6 is 0 Å². The Balaban J connectivity index is 0.000000271. The summed E-state index contributed by atoms with van der Waals surface area (Å²) in [4.78, 5) is 21.7. The highest BCUT2D eigenvalue weighted by Gasteiger charge is 2.15. The minimum absolute atomic E-state index is 0.169. The Bertz CT molecular complexity index is 471. The maximum absolute atomic E-state index is 11.0. The smallest absolute Gasteiger partial charge is 0.248 e. The van der Waals surface area contributed by atoms with Crippen LogP contribution in [0.2, 0.25) is 0 Å². The second-order valence-corrected chi connectivity index (χ2v) is 6.33. The molecule has 0 aromatic heterocycles. The number of ether oxygens (including phenoxy) is 4. The maximum atomic E-state index is 11.0. The minimum atomic E-state index is -0.215. The van der Waals surface area contributed by atoms with E-state index in [0.717, 1.165) is 38.9 Å². The second-order valence-electron chi connectivity index (χ2n) is 6.33. The summed E-state index contributed by atoms with van der Waals surface area (Å²) in [7, 11) is 0. The van der Waals surface area contributed by atoms with Gasteiger partial charge in [-0.15, -0.1) is 0 Å². The Morgan fingerprint density at radius 1 is 1.04 bits per heavy atom. The summed E-state index contributed by atoms with van der Waals surface area (Å²) >= 11 is 0. The molecule has 2 heterocycles. The molecular weight excluding hydrogens is 352 g/mol. The number of carbonyl (C=O) groups is 2. The molecule has 0 aromatic rings. The average Bonchev–Trinajstić information content (AvgIpc) is 3.36. The van der Waals surface area contributed by atoms with E-state index in [1.165, 1.54) is 6.08 Å². The van der Waals surface area contributed by atoms with E-state index in [9.17, 15) is 9.59 Å². The van der Waals surface area contributed by atoms with Crippen LogP contribution in [0.5, 0.6) is 0 Å². The molecule has 0 saturated carbocycles. The van der Waals surface area contributed by atoms with Crippen LogP contribution in [-0.4, -0.2) is 63.9 Å². The maximum Gasteiger partial charge on any atom is 0.248 e. The van der Waals surface area contributed by atoms with Gasteiger partial charge in [-0.05, 0) is 38.7 Å². The topological polar surface area (TPSA) is 95.1 Å². The molecule has 0 radical (unpaired) electrons. The van der Waals surface area contributed by atoms with Crippen LogP contribution in [-0.2, 0) is 28.5 Å². The van der Waals surface area contributed by atoms with Crippen LogP contribution in [0.15, 0.2) is 24.8 Å². The third kappa shape index (κ3) is 11.6. The summed E-state index contributed by atoms with van der Waals surface area (Å²) in [6.07, 6.45) is 5.94. The number of hydrogen-bond acceptors (Lipinski definition) is 6. The van der Waals surface area contributed by atoms with Gasteiger partial charge in [0.2, 0.25) is 11.8 Å². The molecule has 0 aliphatic carbocycles. The lowest BCUT2D eigenvalue weighted by molar-refractivity contribution is -0.120. The summed E-state index contributed by atoms with van der Waals surface area (Å²) in [5.41, 5.74) is 0.491. The van der Waals surface area contributed by atoms with E-state index in [1.54, 1.807) is 6.92 Å². The monoisotopic (exact) mass is 384 g/mol. The lowest BCUT2D eigenvalue weighted by atomic mass is 10.2. The van der Waals surface area contributed by atoms with Crippen molar-refractivity contribution in [3.8, 4) is 0 Å². The molecule has 0 bridgehead atoms. The molecule has 2 aliphatic heterocycles. The zero-order valence-corrected chi connectivity index (χ0v) is 16.2. The second kappa shape index (κ2) is 14.3. The van der Waals surface area contributed by atoms with E-state index < -0.39 is 0 Å². The van der Waals surface area contributed by atoms with Crippen LogP contribution in [0.3, 0.4) is 0 Å². The largest absolute Gasteiger partial charge is 0.376 e. The van der Waals surface area contributed by atoms with Crippen LogP contribution in [0.1, 0.15) is 32.6 Å². The van der Waals surface area contributed by atoms with Crippen molar-refractivity contribution in [3.63, 3.8) is 0 Å². The van der Waals surface area contributed by atoms with E-state index in [-0.39, 0.29) is 37.5 Å². The molecule has 8 nitrogen and oxygen atoms in total. The summed E-state index contributed by atoms with van der Waals surface area (Å²) in [6, 6.07) is 0. The van der Waals surface area contributed by atoms with E-state index in [4.69, 9.17) is 18.9 Å². The third-order valence-electron chi connectivity index (χ3n) is 3.91. The van der Waals surface area contributed by atoms with Crippen molar-refractivity contribution in [1.82, 2.24) is 10.6 Å². The molecule has 2 atom stereocenters. The molecule has 2 saturated heterocycles. The lowest BCUT2D eigenvalue weighted by Gasteiger charge is -2.10. The Kier molecular flexibility index (Phi) is 12.4. The van der Waals surface area contributed by atoms with Crippen molar-refractivity contribution < 1.29 is 28.5 Å². The fourth-order valence-corrected chi connectivity index (χ4v) is 2.39. The standard InChI is InChI=1S/C10H17NO3.C9H15NO3/c1-8(2)10(12)11-7-13-6-9-4-3-5-14-9;1-2-9(11)10-7-12-6-8-4-3-5-13-8/h9H,1,3-7H2,2H3,(H,11,12);2,8H,1,3-7H2,(H,10,11). The number of rotatable bonds is 10. The van der Waals surface area contributed by atoms with Gasteiger partial charge in [0.15, 0.2) is 0 Å². The Labute approximate surface area is 161 Å². The first kappa shape index (κ1) is 23.3. The molecule has 0 aromatic carbocycles. The Hall–Kier alpha value is -1.74. The predicted octanol–water partition coefficient (Wildman–Crippen LogP) is 1.27. The van der Waals surface area contributed by atoms with Crippen LogP contribution in [0.25, 0.3) is 0 Å². The molecule has 154 valence electrons. The van der Waals surface area contributed by atoms with Gasteiger partial charge in [0, 0.05) is 18.8 Å². The summed E-state index contributed by atoms with van der Waals surface area (Å²) in [6.45, 7) is 11.7. The lowest BCUT2D eigenvalue weighted by Crippen LogP contribution is -2.28. The first-order chi connectivity index (χ1) is 13.0. The molecule has 0 spiro atoms. The predicted molar refractivity (Wildman–Crippen MR) is 101 cm³/mol. The van der Waals surface area contributed by atoms with Gasteiger partial charge < -0.3 is 29.6 Å². The van der Waals surface area contributed by atoms with Gasteiger partial charge in [0.1, 0.15) is 13.5 Å². The molecule has 8 heteroatoms. The number of nitrogens with one attached hydrogen (secondary N) is 2. The fraction of sp³-hybridized carbons (Fsp3) is 0.684. The van der Waals surface area contributed by atoms with Gasteiger partial charge in [-0.3, -0.25) is 9.59 Å². The van der Waals surface area contributed by atoms with Gasteiger partial charge in [-0.1, -0.05) is 13.2 Å². The molecule has 2 rings (SSSR count). The van der Waals surface area contributed by atoms with Crippen molar-refractivity contribution in [2.45, 2.75) is 44.8 Å². The zero-order chi connectivity index (χ0) is 19.9. The highest BCUT2D eigenvalue weighted by molar-refractivity contribution is 5.91. The van der Waals surface area contributed by atoms with E-state index in [2.05, 4.69) is 23.8 Å². The molecule has 2 unspecified atom stereocenters. The first-order valence-corrected chi connectivity index (χ1v) is 9.25. The van der Waals surface area contributed by atoms with Crippen LogP contribution in [0.4, 0.5) is 0 Å². The van der Waals surface area contributed by atoms with Crippen molar-refractivity contribution >= 4 is 11.8 Å². The summed E-state index contributed by atoms with van der Waals surface area (Å²) in [5, 5.41) is 5.11. The van der Waals surface area contributed by atoms with Crippen molar-refractivity contribution in [3.05, 3.63) is 24.8 Å². The molecule has 2 fully saturated rings. The van der Waals surface area contributed by atoms with Crippen molar-refractivity contribution in [2.24, 2.45) is 0 Å². The number of amides is 2. The third-order valence-corrected chi connectivity index (χ3v) is 3.91. The van der Waals surface area contributed by atoms with Gasteiger partial charge in [0.25, 0.3) is 0 Å². The summed E-state index contributed by atoms with van der Waals surface area (Å²) in [5.74, 6) is -0.385. The van der Waals surface area contributed by atoms with Gasteiger partial charge in [0.05, 0.1) is 25.4 Å². The molecule has 2 N–H and O–H groups in total. The number of carbonyl (C=O) groups excluding carboxylic acids is 2. The molecule has 27 heavy (non-hydrogen) atoms. The van der Waals surface area contributed by atoms with Crippen molar-refractivity contribution in [2.75, 3.05) is 39.9 Å². The highest BCUT2D eigenvalue weighted by Crippen LogP contribution is 2.12. The Morgan fingerprint density at radius 2 is 1.56 bits per heavy atom. The normalized spacial score (nSPS) is 21.1. The SMILES string of the molecule is C=C(C)C(=O)NCOCC1CCCO1.C=CC(=O)NCOCC1CCCO1. The van der Waals surface area contributed by atoms with E-state index >= 15 is 0 Å². The minimum Gasteiger partial charge on any atom is -0.376 e. The van der Waals surface area contributed by atoms with Gasteiger partial charge in [-0.25, -0.2) is 0 Å². The quantitative estimate of drug-likeness (QED) is 0.335. The number of hydrogen-bond donors (Lipinski definition) is 2.